The SMILES string of the molecule is Cc1cc2c(cc3n2C[C@](C)(C(=O)NC2CCCCCCC2)N(C[C@H]2CCCO2)C3=O)o1. The number of aryl methyl sites for hydroxylation is 1. The van der Waals surface area contributed by atoms with Gasteiger partial charge in [0.25, 0.3) is 5.91 Å². The molecule has 1 N–H and O–H groups in total. The number of furan rings is 1. The molecule has 7 nitrogen and oxygen atoms in total. The van der Waals surface area contributed by atoms with Crippen LogP contribution in [0.3, 0.4) is 0 Å². The number of rotatable bonds is 4. The topological polar surface area (TPSA) is 76.7 Å². The summed E-state index contributed by atoms with van der Waals surface area (Å²) in [4.78, 5) is 29.3. The molecule has 2 aromatic heterocycles. The summed E-state index contributed by atoms with van der Waals surface area (Å²) >= 11 is 0. The van der Waals surface area contributed by atoms with Crippen molar-refractivity contribution >= 4 is 22.9 Å². The normalized spacial score (nSPS) is 27.4. The van der Waals surface area contributed by atoms with Crippen LogP contribution in [0.2, 0.25) is 0 Å². The first-order valence-corrected chi connectivity index (χ1v) is 12.3. The number of amides is 2. The maximum atomic E-state index is 13.8. The van der Waals surface area contributed by atoms with E-state index < -0.39 is 5.54 Å². The van der Waals surface area contributed by atoms with E-state index in [1.807, 2.05) is 30.5 Å². The maximum Gasteiger partial charge on any atom is 0.271 e. The molecule has 7 heteroatoms. The molecule has 2 fully saturated rings. The standard InChI is InChI=1S/C25H35N3O4/c1-17-13-20-22(32-17)14-21-23(29)28(15-19-11-8-12-31-19)25(2,16-27(20)21)24(30)26-18-9-6-4-3-5-7-10-18/h13-14,18-19H,3-12,15-16H2,1-2H3,(H,26,30)/t19-,25-/m1/s1. The Kier molecular flexibility index (Phi) is 5.78. The first-order valence-electron chi connectivity index (χ1n) is 12.3. The number of hydrogen-bond donors (Lipinski definition) is 1. The van der Waals surface area contributed by atoms with E-state index in [2.05, 4.69) is 5.32 Å². The fourth-order valence-electron chi connectivity index (χ4n) is 5.68. The molecule has 0 radical (unpaired) electrons. The molecule has 1 saturated carbocycles. The number of hydrogen-bond acceptors (Lipinski definition) is 4. The molecule has 2 atom stereocenters. The molecule has 0 bridgehead atoms. The molecule has 1 aliphatic carbocycles. The van der Waals surface area contributed by atoms with Gasteiger partial charge >= 0.3 is 0 Å². The molecule has 0 unspecified atom stereocenters. The van der Waals surface area contributed by atoms with Crippen LogP contribution in [0.15, 0.2) is 16.5 Å². The number of carbonyl (C=O) groups excluding carboxylic acids is 2. The van der Waals surface area contributed by atoms with Crippen LogP contribution < -0.4 is 5.32 Å². The largest absolute Gasteiger partial charge is 0.460 e. The summed E-state index contributed by atoms with van der Waals surface area (Å²) in [6.45, 7) is 5.41. The minimum atomic E-state index is -0.977. The van der Waals surface area contributed by atoms with Gasteiger partial charge in [0.1, 0.15) is 17.0 Å². The summed E-state index contributed by atoms with van der Waals surface area (Å²) in [7, 11) is 0. The zero-order valence-corrected chi connectivity index (χ0v) is 19.3. The van der Waals surface area contributed by atoms with Crippen molar-refractivity contribution in [3.63, 3.8) is 0 Å². The Morgan fingerprint density at radius 1 is 1.12 bits per heavy atom. The van der Waals surface area contributed by atoms with E-state index in [0.29, 0.717) is 24.4 Å². The number of aromatic nitrogens is 1. The molecule has 0 aromatic carbocycles. The van der Waals surface area contributed by atoms with Crippen molar-refractivity contribution in [1.82, 2.24) is 14.8 Å². The van der Waals surface area contributed by atoms with Gasteiger partial charge in [-0.05, 0) is 39.5 Å². The Bertz CT molecular complexity index is 994. The summed E-state index contributed by atoms with van der Waals surface area (Å²) in [5.41, 5.74) is 1.20. The summed E-state index contributed by atoms with van der Waals surface area (Å²) < 4.78 is 13.6. The van der Waals surface area contributed by atoms with E-state index in [-0.39, 0.29) is 24.0 Å². The summed E-state index contributed by atoms with van der Waals surface area (Å²) in [6.07, 6.45) is 10.00. The van der Waals surface area contributed by atoms with Gasteiger partial charge in [-0.2, -0.15) is 0 Å². The Morgan fingerprint density at radius 2 is 1.88 bits per heavy atom. The molecule has 2 amide bonds. The monoisotopic (exact) mass is 441 g/mol. The average molecular weight is 442 g/mol. The van der Waals surface area contributed by atoms with E-state index in [9.17, 15) is 9.59 Å². The molecule has 4 heterocycles. The molecule has 5 rings (SSSR count). The van der Waals surface area contributed by atoms with Crippen LogP contribution in [0, 0.1) is 6.92 Å². The number of carbonyl (C=O) groups is 2. The van der Waals surface area contributed by atoms with Gasteiger partial charge in [-0.3, -0.25) is 9.59 Å². The van der Waals surface area contributed by atoms with Gasteiger partial charge in [-0.15, -0.1) is 0 Å². The number of ether oxygens (including phenoxy) is 1. The lowest BCUT2D eigenvalue weighted by Crippen LogP contribution is -2.66. The first kappa shape index (κ1) is 21.6. The van der Waals surface area contributed by atoms with E-state index >= 15 is 0 Å². The smallest absolute Gasteiger partial charge is 0.271 e. The van der Waals surface area contributed by atoms with Crippen molar-refractivity contribution in [2.75, 3.05) is 13.2 Å². The summed E-state index contributed by atoms with van der Waals surface area (Å²) in [5, 5.41) is 3.34. The summed E-state index contributed by atoms with van der Waals surface area (Å²) in [5.74, 6) is 0.633. The first-order chi connectivity index (χ1) is 15.5. The van der Waals surface area contributed by atoms with Crippen molar-refractivity contribution in [1.29, 1.82) is 0 Å². The fourth-order valence-corrected chi connectivity index (χ4v) is 5.68. The van der Waals surface area contributed by atoms with Crippen molar-refractivity contribution < 1.29 is 18.7 Å². The third-order valence-electron chi connectivity index (χ3n) is 7.58. The summed E-state index contributed by atoms with van der Waals surface area (Å²) in [6, 6.07) is 3.95. The Labute approximate surface area is 189 Å². The second-order valence-electron chi connectivity index (χ2n) is 10.1. The van der Waals surface area contributed by atoms with Crippen LogP contribution in [0.5, 0.6) is 0 Å². The van der Waals surface area contributed by atoms with Crippen LogP contribution in [0.25, 0.3) is 11.1 Å². The highest BCUT2D eigenvalue weighted by atomic mass is 16.5. The van der Waals surface area contributed by atoms with E-state index in [1.165, 1.54) is 19.3 Å². The zero-order chi connectivity index (χ0) is 22.3. The highest BCUT2D eigenvalue weighted by Gasteiger charge is 2.49. The van der Waals surface area contributed by atoms with Gasteiger partial charge in [0.15, 0.2) is 5.58 Å². The van der Waals surface area contributed by atoms with Gasteiger partial charge < -0.3 is 23.9 Å². The van der Waals surface area contributed by atoms with Crippen LogP contribution in [-0.2, 0) is 16.1 Å². The third kappa shape index (κ3) is 3.85. The fraction of sp³-hybridized carbons (Fsp3) is 0.680. The lowest BCUT2D eigenvalue weighted by Gasteiger charge is -2.45. The van der Waals surface area contributed by atoms with Crippen LogP contribution in [0.1, 0.15) is 81.0 Å². The highest BCUT2D eigenvalue weighted by molar-refractivity contribution is 6.03. The molecule has 2 aromatic rings. The Balaban J connectivity index is 1.47. The lowest BCUT2D eigenvalue weighted by molar-refractivity contribution is -0.134. The van der Waals surface area contributed by atoms with Crippen molar-refractivity contribution in [2.24, 2.45) is 0 Å². The minimum Gasteiger partial charge on any atom is -0.460 e. The predicted molar refractivity (Wildman–Crippen MR) is 122 cm³/mol. The van der Waals surface area contributed by atoms with E-state index in [4.69, 9.17) is 9.15 Å². The average Bonchev–Trinajstić information content (AvgIpc) is 3.44. The molecular formula is C25H35N3O4. The third-order valence-corrected chi connectivity index (χ3v) is 7.58. The van der Waals surface area contributed by atoms with Crippen LogP contribution in [-0.4, -0.2) is 52.1 Å². The van der Waals surface area contributed by atoms with Gasteiger partial charge in [0.2, 0.25) is 5.91 Å². The predicted octanol–water partition coefficient (Wildman–Crippen LogP) is 4.17. The molecule has 3 aliphatic rings. The van der Waals surface area contributed by atoms with Crippen LogP contribution in [0.4, 0.5) is 0 Å². The molecule has 32 heavy (non-hydrogen) atoms. The van der Waals surface area contributed by atoms with Gasteiger partial charge in [-0.25, -0.2) is 0 Å². The maximum absolute atomic E-state index is 13.8. The highest BCUT2D eigenvalue weighted by Crippen LogP contribution is 2.35. The second-order valence-corrected chi connectivity index (χ2v) is 10.1. The van der Waals surface area contributed by atoms with Crippen molar-refractivity contribution in [3.8, 4) is 0 Å². The number of fused-ring (bicyclic) bond motifs is 3. The second kappa shape index (κ2) is 8.58. The number of nitrogens with one attached hydrogen (secondary N) is 1. The molecule has 1 saturated heterocycles. The molecular weight excluding hydrogens is 406 g/mol. The van der Waals surface area contributed by atoms with Gasteiger partial charge in [0, 0.05) is 31.3 Å². The van der Waals surface area contributed by atoms with Crippen molar-refractivity contribution in [2.45, 2.75) is 95.9 Å². The molecule has 0 spiro atoms. The van der Waals surface area contributed by atoms with Gasteiger partial charge in [-0.1, -0.05) is 32.1 Å². The Hall–Kier alpha value is -2.28. The van der Waals surface area contributed by atoms with E-state index in [0.717, 1.165) is 56.4 Å². The van der Waals surface area contributed by atoms with Gasteiger partial charge in [0.05, 0.1) is 18.2 Å². The van der Waals surface area contributed by atoms with Crippen molar-refractivity contribution in [3.05, 3.63) is 23.6 Å². The quantitative estimate of drug-likeness (QED) is 0.773. The van der Waals surface area contributed by atoms with E-state index in [1.54, 1.807) is 4.90 Å². The van der Waals surface area contributed by atoms with Crippen LogP contribution >= 0.6 is 0 Å². The molecule has 174 valence electrons. The lowest BCUT2D eigenvalue weighted by atomic mass is 9.91. The Morgan fingerprint density at radius 3 is 2.59 bits per heavy atom. The zero-order valence-electron chi connectivity index (χ0n) is 19.3. The molecule has 2 aliphatic heterocycles. The minimum absolute atomic E-state index is 0.0146. The number of nitrogens with zero attached hydrogens (tertiary/aromatic N) is 2.